The summed E-state index contributed by atoms with van der Waals surface area (Å²) in [7, 11) is 2.80. The van der Waals surface area contributed by atoms with Crippen molar-refractivity contribution in [2.75, 3.05) is 19.1 Å². The van der Waals surface area contributed by atoms with Crippen LogP contribution in [0.15, 0.2) is 54.6 Å². The van der Waals surface area contributed by atoms with Gasteiger partial charge in [-0.1, -0.05) is 36.4 Å². The van der Waals surface area contributed by atoms with Gasteiger partial charge in [-0.15, -0.1) is 0 Å². The molecule has 1 aliphatic carbocycles. The lowest BCUT2D eigenvalue weighted by molar-refractivity contribution is -0.154. The number of rotatable bonds is 2. The summed E-state index contributed by atoms with van der Waals surface area (Å²) in [6, 6.07) is 13.0. The number of hydrogen-bond acceptors (Lipinski definition) is 4. The fourth-order valence-electron chi connectivity index (χ4n) is 4.35. The average Bonchev–Trinajstić information content (AvgIpc) is 2.93. The van der Waals surface area contributed by atoms with E-state index in [0.29, 0.717) is 16.8 Å². The maximum Gasteiger partial charge on any atom is 0.310 e. The molecule has 1 aliphatic heterocycles. The molecule has 1 heterocycles. The number of halogens is 1. The molecule has 0 saturated heterocycles. The zero-order chi connectivity index (χ0) is 20.1. The van der Waals surface area contributed by atoms with Crippen molar-refractivity contribution in [3.63, 3.8) is 0 Å². The normalized spacial score (nSPS) is 23.6. The molecule has 2 atom stereocenters. The number of anilines is 1. The summed E-state index contributed by atoms with van der Waals surface area (Å²) in [5, 5.41) is 0. The zero-order valence-corrected chi connectivity index (χ0v) is 15.4. The second-order valence-corrected chi connectivity index (χ2v) is 6.98. The molecule has 2 aromatic carbocycles. The van der Waals surface area contributed by atoms with Crippen LogP contribution in [0, 0.1) is 11.7 Å². The number of methoxy groups -OCH3 is 1. The van der Waals surface area contributed by atoms with Gasteiger partial charge in [0.25, 0.3) is 0 Å². The molecule has 142 valence electrons. The van der Waals surface area contributed by atoms with Crippen LogP contribution < -0.4 is 4.90 Å². The first-order valence-corrected chi connectivity index (χ1v) is 8.88. The Hall–Kier alpha value is -3.28. The summed E-state index contributed by atoms with van der Waals surface area (Å²) in [5.74, 6) is -3.25. The summed E-state index contributed by atoms with van der Waals surface area (Å²) < 4.78 is 19.3. The van der Waals surface area contributed by atoms with E-state index in [4.69, 9.17) is 4.74 Å². The predicted octanol–water partition coefficient (Wildman–Crippen LogP) is 2.89. The van der Waals surface area contributed by atoms with E-state index in [1.807, 2.05) is 0 Å². The first kappa shape index (κ1) is 18.1. The summed E-state index contributed by atoms with van der Waals surface area (Å²) in [4.78, 5) is 40.8. The second kappa shape index (κ2) is 6.41. The zero-order valence-electron chi connectivity index (χ0n) is 15.4. The Balaban J connectivity index is 1.96. The van der Waals surface area contributed by atoms with Crippen molar-refractivity contribution >= 4 is 28.9 Å². The van der Waals surface area contributed by atoms with Crippen LogP contribution in [-0.2, 0) is 24.5 Å². The standard InChI is InChI=1S/C22H18FNO4/c1-24-18-10-6-4-8-15(18)22(21(24)27)16(20(26)28-2)11-13(12-19(22)25)14-7-3-5-9-17(14)23/h3-10,12,16H,11H2,1-2H3/t16-,22-/m0/s1. The van der Waals surface area contributed by atoms with Gasteiger partial charge in [-0.25, -0.2) is 4.39 Å². The Bertz CT molecular complexity index is 1040. The SMILES string of the molecule is COC(=O)[C@@H]1CC(c2ccccc2F)=CC(=O)[C@@]12C(=O)N(C)c1ccccc12. The number of para-hydroxylation sites is 1. The Kier molecular flexibility index (Phi) is 4.14. The highest BCUT2D eigenvalue weighted by atomic mass is 19.1. The number of carbonyl (C=O) groups excluding carboxylic acids is 3. The number of ether oxygens (including phenoxy) is 1. The molecule has 2 aromatic rings. The van der Waals surface area contributed by atoms with Crippen LogP contribution in [0.3, 0.4) is 0 Å². The minimum absolute atomic E-state index is 0.0211. The van der Waals surface area contributed by atoms with E-state index in [-0.39, 0.29) is 12.0 Å². The highest BCUT2D eigenvalue weighted by Crippen LogP contribution is 2.52. The van der Waals surface area contributed by atoms with Crippen molar-refractivity contribution in [1.29, 1.82) is 0 Å². The lowest BCUT2D eigenvalue weighted by Crippen LogP contribution is -2.54. The van der Waals surface area contributed by atoms with Gasteiger partial charge in [0.05, 0.1) is 13.0 Å². The number of benzene rings is 2. The van der Waals surface area contributed by atoms with Crippen LogP contribution in [-0.4, -0.2) is 31.8 Å². The van der Waals surface area contributed by atoms with Gasteiger partial charge in [0.2, 0.25) is 5.91 Å². The molecule has 28 heavy (non-hydrogen) atoms. The quantitative estimate of drug-likeness (QED) is 0.595. The molecule has 0 saturated carbocycles. The van der Waals surface area contributed by atoms with Gasteiger partial charge in [0.1, 0.15) is 5.82 Å². The largest absolute Gasteiger partial charge is 0.469 e. The lowest BCUT2D eigenvalue weighted by atomic mass is 9.62. The van der Waals surface area contributed by atoms with Crippen LogP contribution >= 0.6 is 0 Å². The van der Waals surface area contributed by atoms with E-state index in [1.165, 1.54) is 24.2 Å². The maximum atomic E-state index is 14.3. The van der Waals surface area contributed by atoms with E-state index in [0.717, 1.165) is 0 Å². The Morgan fingerprint density at radius 1 is 1.14 bits per heavy atom. The molecule has 2 aliphatic rings. The van der Waals surface area contributed by atoms with E-state index < -0.39 is 34.8 Å². The van der Waals surface area contributed by atoms with Gasteiger partial charge in [0.15, 0.2) is 11.2 Å². The maximum absolute atomic E-state index is 14.3. The monoisotopic (exact) mass is 379 g/mol. The minimum atomic E-state index is -1.69. The summed E-state index contributed by atoms with van der Waals surface area (Å²) in [6.45, 7) is 0. The number of esters is 1. The summed E-state index contributed by atoms with van der Waals surface area (Å²) in [6.07, 6.45) is 1.32. The second-order valence-electron chi connectivity index (χ2n) is 6.98. The van der Waals surface area contributed by atoms with E-state index in [1.54, 1.807) is 49.5 Å². The Labute approximate surface area is 161 Å². The molecule has 1 amide bonds. The Morgan fingerprint density at radius 2 is 1.82 bits per heavy atom. The third-order valence-corrected chi connectivity index (χ3v) is 5.68. The van der Waals surface area contributed by atoms with Gasteiger partial charge < -0.3 is 9.64 Å². The third-order valence-electron chi connectivity index (χ3n) is 5.68. The first-order valence-electron chi connectivity index (χ1n) is 8.88. The molecule has 0 fully saturated rings. The van der Waals surface area contributed by atoms with E-state index in [2.05, 4.69) is 0 Å². The van der Waals surface area contributed by atoms with Crippen LogP contribution in [0.1, 0.15) is 17.5 Å². The molecule has 6 heteroatoms. The molecule has 0 aromatic heterocycles. The number of fused-ring (bicyclic) bond motifs is 2. The summed E-state index contributed by atoms with van der Waals surface area (Å²) >= 11 is 0. The topological polar surface area (TPSA) is 63.7 Å². The molecule has 0 N–H and O–H groups in total. The molecule has 1 spiro atoms. The van der Waals surface area contributed by atoms with Gasteiger partial charge in [-0.3, -0.25) is 14.4 Å². The fraction of sp³-hybridized carbons (Fsp3) is 0.227. The highest BCUT2D eigenvalue weighted by molar-refractivity contribution is 6.28. The number of nitrogens with zero attached hydrogens (tertiary/aromatic N) is 1. The molecule has 0 unspecified atom stereocenters. The van der Waals surface area contributed by atoms with Crippen molar-refractivity contribution in [2.24, 2.45) is 5.92 Å². The van der Waals surface area contributed by atoms with Crippen molar-refractivity contribution < 1.29 is 23.5 Å². The smallest absolute Gasteiger partial charge is 0.310 e. The number of amides is 1. The molecule has 0 bridgehead atoms. The van der Waals surface area contributed by atoms with Crippen LogP contribution in [0.2, 0.25) is 0 Å². The van der Waals surface area contributed by atoms with Crippen molar-refractivity contribution in [2.45, 2.75) is 11.8 Å². The number of hydrogen-bond donors (Lipinski definition) is 0. The van der Waals surface area contributed by atoms with Crippen LogP contribution in [0.4, 0.5) is 10.1 Å². The number of allylic oxidation sites excluding steroid dienone is 2. The van der Waals surface area contributed by atoms with Crippen molar-refractivity contribution in [1.82, 2.24) is 0 Å². The molecule has 4 rings (SSSR count). The van der Waals surface area contributed by atoms with Crippen molar-refractivity contribution in [3.8, 4) is 0 Å². The number of likely N-dealkylation sites (N-methyl/N-ethyl adjacent to an activating group) is 1. The van der Waals surface area contributed by atoms with Crippen molar-refractivity contribution in [3.05, 3.63) is 71.6 Å². The third kappa shape index (κ3) is 2.27. The van der Waals surface area contributed by atoms with Gasteiger partial charge in [-0.2, -0.15) is 0 Å². The number of carbonyl (C=O) groups is 3. The van der Waals surface area contributed by atoms with E-state index >= 15 is 0 Å². The van der Waals surface area contributed by atoms with Gasteiger partial charge >= 0.3 is 5.97 Å². The van der Waals surface area contributed by atoms with E-state index in [9.17, 15) is 18.8 Å². The highest BCUT2D eigenvalue weighted by Gasteiger charge is 2.63. The minimum Gasteiger partial charge on any atom is -0.469 e. The molecule has 0 radical (unpaired) electrons. The lowest BCUT2D eigenvalue weighted by Gasteiger charge is -2.36. The Morgan fingerprint density at radius 3 is 2.54 bits per heavy atom. The van der Waals surface area contributed by atoms with Crippen LogP contribution in [0.25, 0.3) is 5.57 Å². The summed E-state index contributed by atoms with van der Waals surface area (Å²) in [5.41, 5.74) is -0.00687. The molecular weight excluding hydrogens is 361 g/mol. The van der Waals surface area contributed by atoms with Gasteiger partial charge in [0, 0.05) is 23.9 Å². The average molecular weight is 379 g/mol. The first-order chi connectivity index (χ1) is 13.4. The van der Waals surface area contributed by atoms with Gasteiger partial charge in [-0.05, 0) is 30.2 Å². The number of ketones is 1. The predicted molar refractivity (Wildman–Crippen MR) is 101 cm³/mol. The van der Waals surface area contributed by atoms with Crippen LogP contribution in [0.5, 0.6) is 0 Å². The molecule has 5 nitrogen and oxygen atoms in total. The molecular formula is C22H18FNO4. The fourth-order valence-corrected chi connectivity index (χ4v) is 4.35.